The summed E-state index contributed by atoms with van der Waals surface area (Å²) in [5.41, 5.74) is 0.483. The second-order valence-corrected chi connectivity index (χ2v) is 5.67. The van der Waals surface area contributed by atoms with Gasteiger partial charge in [-0.05, 0) is 18.9 Å². The van der Waals surface area contributed by atoms with Gasteiger partial charge in [-0.3, -0.25) is 19.7 Å². The number of anilines is 1. The Morgan fingerprint density at radius 3 is 2.56 bits per heavy atom. The van der Waals surface area contributed by atoms with Gasteiger partial charge in [0.1, 0.15) is 6.10 Å². The highest BCUT2D eigenvalue weighted by atomic mass is 16.6. The summed E-state index contributed by atoms with van der Waals surface area (Å²) in [6.07, 6.45) is 0.851. The molecule has 1 aliphatic rings. The topological polar surface area (TPSA) is 98.5 Å². The maximum absolute atomic E-state index is 12.7. The van der Waals surface area contributed by atoms with E-state index in [4.69, 9.17) is 4.74 Å². The van der Waals surface area contributed by atoms with Crippen molar-refractivity contribution in [3.8, 4) is 0 Å². The first-order chi connectivity index (χ1) is 12.1. The predicted molar refractivity (Wildman–Crippen MR) is 90.6 cm³/mol. The van der Waals surface area contributed by atoms with E-state index in [0.717, 1.165) is 6.42 Å². The summed E-state index contributed by atoms with van der Waals surface area (Å²) in [6.45, 7) is 0.522. The van der Waals surface area contributed by atoms with Crippen LogP contribution in [0.25, 0.3) is 0 Å². The third-order valence-corrected chi connectivity index (χ3v) is 3.97. The van der Waals surface area contributed by atoms with Crippen LogP contribution in [-0.4, -0.2) is 29.3 Å². The van der Waals surface area contributed by atoms with Crippen molar-refractivity contribution >= 4 is 23.1 Å². The summed E-state index contributed by atoms with van der Waals surface area (Å²) >= 11 is 0. The number of carbonyl (C=O) groups is 2. The number of benzene rings is 2. The first kappa shape index (κ1) is 16.8. The zero-order chi connectivity index (χ0) is 17.8. The molecule has 0 aliphatic carbocycles. The van der Waals surface area contributed by atoms with Crippen molar-refractivity contribution in [1.82, 2.24) is 0 Å². The van der Waals surface area contributed by atoms with Crippen molar-refractivity contribution in [2.24, 2.45) is 0 Å². The molecule has 2 aromatic rings. The standard InChI is InChI=1S/C18H16N2O5/c21-17(12-5-2-1-3-6-12)14-11-13(20(23)24)8-9-15(14)19-18(22)16-7-4-10-25-16/h1-3,5-6,8-9,11,16H,4,7,10H2,(H,19,22). The first-order valence-corrected chi connectivity index (χ1v) is 7.87. The molecule has 0 saturated carbocycles. The van der Waals surface area contributed by atoms with E-state index in [1.807, 2.05) is 0 Å². The van der Waals surface area contributed by atoms with Gasteiger partial charge < -0.3 is 10.1 Å². The molecule has 1 saturated heterocycles. The summed E-state index contributed by atoms with van der Waals surface area (Å²) in [5.74, 6) is -0.750. The Hall–Kier alpha value is -3.06. The van der Waals surface area contributed by atoms with Crippen LogP contribution in [0, 0.1) is 10.1 Å². The summed E-state index contributed by atoms with van der Waals surface area (Å²) < 4.78 is 5.33. The molecule has 0 bridgehead atoms. The molecule has 7 nitrogen and oxygen atoms in total. The maximum atomic E-state index is 12.7. The van der Waals surface area contributed by atoms with Crippen molar-refractivity contribution in [3.05, 3.63) is 69.8 Å². The summed E-state index contributed by atoms with van der Waals surface area (Å²) in [7, 11) is 0. The van der Waals surface area contributed by atoms with E-state index >= 15 is 0 Å². The Kier molecular flexibility index (Phi) is 4.85. The molecule has 3 rings (SSSR count). The maximum Gasteiger partial charge on any atom is 0.270 e. The zero-order valence-corrected chi connectivity index (χ0v) is 13.3. The molecule has 1 atom stereocenters. The predicted octanol–water partition coefficient (Wildman–Crippen LogP) is 2.94. The van der Waals surface area contributed by atoms with Crippen molar-refractivity contribution < 1.29 is 19.2 Å². The van der Waals surface area contributed by atoms with Crippen LogP contribution in [0.3, 0.4) is 0 Å². The van der Waals surface area contributed by atoms with Gasteiger partial charge in [0.05, 0.1) is 16.2 Å². The van der Waals surface area contributed by atoms with Gasteiger partial charge in [-0.2, -0.15) is 0 Å². The molecule has 25 heavy (non-hydrogen) atoms. The number of nitro benzene ring substituents is 1. The lowest BCUT2D eigenvalue weighted by atomic mass is 10.0. The third kappa shape index (κ3) is 3.72. The molecule has 1 N–H and O–H groups in total. The van der Waals surface area contributed by atoms with E-state index in [1.54, 1.807) is 30.3 Å². The van der Waals surface area contributed by atoms with E-state index in [0.29, 0.717) is 18.6 Å². The van der Waals surface area contributed by atoms with Crippen LogP contribution in [0.2, 0.25) is 0 Å². The van der Waals surface area contributed by atoms with Gasteiger partial charge in [-0.15, -0.1) is 0 Å². The van der Waals surface area contributed by atoms with Crippen molar-refractivity contribution in [3.63, 3.8) is 0 Å². The lowest BCUT2D eigenvalue weighted by Gasteiger charge is -2.13. The molecule has 1 aliphatic heterocycles. The number of nitrogens with zero attached hydrogens (tertiary/aromatic N) is 1. The molecule has 128 valence electrons. The van der Waals surface area contributed by atoms with E-state index in [2.05, 4.69) is 5.32 Å². The number of carbonyl (C=O) groups excluding carboxylic acids is 2. The van der Waals surface area contributed by atoms with Gasteiger partial charge in [0.25, 0.3) is 11.6 Å². The molecule has 0 radical (unpaired) electrons. The van der Waals surface area contributed by atoms with Gasteiger partial charge in [-0.25, -0.2) is 0 Å². The summed E-state index contributed by atoms with van der Waals surface area (Å²) in [5, 5.41) is 13.7. The number of amides is 1. The molecule has 0 aromatic heterocycles. The Balaban J connectivity index is 1.95. The molecule has 1 heterocycles. The largest absolute Gasteiger partial charge is 0.368 e. The van der Waals surface area contributed by atoms with Crippen LogP contribution in [0.15, 0.2) is 48.5 Å². The van der Waals surface area contributed by atoms with E-state index < -0.39 is 16.8 Å². The summed E-state index contributed by atoms with van der Waals surface area (Å²) in [4.78, 5) is 35.5. The van der Waals surface area contributed by atoms with E-state index in [1.165, 1.54) is 18.2 Å². The Labute approximate surface area is 143 Å². The smallest absolute Gasteiger partial charge is 0.270 e. The minimum Gasteiger partial charge on any atom is -0.368 e. The monoisotopic (exact) mass is 340 g/mol. The Morgan fingerprint density at radius 1 is 1.16 bits per heavy atom. The summed E-state index contributed by atoms with van der Waals surface area (Å²) in [6, 6.07) is 12.2. The SMILES string of the molecule is O=C(c1ccccc1)c1cc([N+](=O)[O-])ccc1NC(=O)C1CCCO1. The lowest BCUT2D eigenvalue weighted by Crippen LogP contribution is -2.27. The van der Waals surface area contributed by atoms with Crippen LogP contribution >= 0.6 is 0 Å². The Bertz CT molecular complexity index is 813. The van der Waals surface area contributed by atoms with Crippen LogP contribution < -0.4 is 5.32 Å². The number of hydrogen-bond donors (Lipinski definition) is 1. The number of rotatable bonds is 5. The number of non-ortho nitro benzene ring substituents is 1. The fraction of sp³-hybridized carbons (Fsp3) is 0.222. The van der Waals surface area contributed by atoms with Crippen LogP contribution in [-0.2, 0) is 9.53 Å². The van der Waals surface area contributed by atoms with E-state index in [-0.39, 0.29) is 22.8 Å². The second kappa shape index (κ2) is 7.23. The van der Waals surface area contributed by atoms with Gasteiger partial charge in [0.2, 0.25) is 0 Å². The van der Waals surface area contributed by atoms with Gasteiger partial charge in [-0.1, -0.05) is 30.3 Å². The van der Waals surface area contributed by atoms with E-state index in [9.17, 15) is 19.7 Å². The molecular weight excluding hydrogens is 324 g/mol. The number of nitro groups is 1. The third-order valence-electron chi connectivity index (χ3n) is 3.97. The number of ketones is 1. The molecule has 1 amide bonds. The fourth-order valence-corrected chi connectivity index (χ4v) is 2.69. The Morgan fingerprint density at radius 2 is 1.92 bits per heavy atom. The molecular formula is C18H16N2O5. The van der Waals surface area contributed by atoms with Crippen molar-refractivity contribution in [1.29, 1.82) is 0 Å². The number of hydrogen-bond acceptors (Lipinski definition) is 5. The van der Waals surface area contributed by atoms with Gasteiger partial charge in [0.15, 0.2) is 5.78 Å². The number of nitrogens with one attached hydrogen (secondary N) is 1. The average Bonchev–Trinajstić information content (AvgIpc) is 3.17. The van der Waals surface area contributed by atoms with Crippen molar-refractivity contribution in [2.75, 3.05) is 11.9 Å². The molecule has 1 fully saturated rings. The first-order valence-electron chi connectivity index (χ1n) is 7.87. The van der Waals surface area contributed by atoms with Gasteiger partial charge in [0, 0.05) is 24.3 Å². The normalized spacial score (nSPS) is 16.4. The molecule has 1 unspecified atom stereocenters. The molecule has 7 heteroatoms. The quantitative estimate of drug-likeness (QED) is 0.512. The highest BCUT2D eigenvalue weighted by Gasteiger charge is 2.26. The minimum absolute atomic E-state index is 0.0757. The zero-order valence-electron chi connectivity index (χ0n) is 13.3. The van der Waals surface area contributed by atoms with Crippen molar-refractivity contribution in [2.45, 2.75) is 18.9 Å². The highest BCUT2D eigenvalue weighted by molar-refractivity contribution is 6.14. The average molecular weight is 340 g/mol. The lowest BCUT2D eigenvalue weighted by molar-refractivity contribution is -0.384. The van der Waals surface area contributed by atoms with Crippen LogP contribution in [0.5, 0.6) is 0 Å². The minimum atomic E-state index is -0.576. The molecule has 0 spiro atoms. The molecule has 2 aromatic carbocycles. The van der Waals surface area contributed by atoms with Crippen LogP contribution in [0.4, 0.5) is 11.4 Å². The highest BCUT2D eigenvalue weighted by Crippen LogP contribution is 2.26. The second-order valence-electron chi connectivity index (χ2n) is 5.67. The number of ether oxygens (including phenoxy) is 1. The fourth-order valence-electron chi connectivity index (χ4n) is 2.69. The van der Waals surface area contributed by atoms with Crippen LogP contribution in [0.1, 0.15) is 28.8 Å². The van der Waals surface area contributed by atoms with Gasteiger partial charge >= 0.3 is 0 Å².